The molecule has 2 aromatic rings. The molecule has 0 atom stereocenters. The van der Waals surface area contributed by atoms with Gasteiger partial charge in [-0.25, -0.2) is 0 Å². The Balaban J connectivity index is 1.95. The molecule has 2 amide bonds. The highest BCUT2D eigenvalue weighted by molar-refractivity contribution is 7.80. The van der Waals surface area contributed by atoms with E-state index in [2.05, 4.69) is 16.2 Å². The van der Waals surface area contributed by atoms with Crippen LogP contribution in [0.1, 0.15) is 20.7 Å². The first kappa shape index (κ1) is 20.6. The van der Waals surface area contributed by atoms with Crippen LogP contribution >= 0.6 is 12.2 Å². The molecule has 2 aromatic carbocycles. The minimum Gasteiger partial charge on any atom is -0.493 e. The molecule has 0 aromatic heterocycles. The number of rotatable bonds is 5. The van der Waals surface area contributed by atoms with Crippen LogP contribution < -0.4 is 25.6 Å². The Bertz CT molecular complexity index is 934. The molecule has 10 nitrogen and oxygen atoms in total. The topological polar surface area (TPSA) is 132 Å². The van der Waals surface area contributed by atoms with E-state index in [1.807, 2.05) is 0 Å². The zero-order valence-electron chi connectivity index (χ0n) is 14.8. The molecule has 146 valence electrons. The van der Waals surface area contributed by atoms with Crippen LogP contribution in [0.3, 0.4) is 0 Å². The van der Waals surface area contributed by atoms with Crippen LogP contribution in [-0.4, -0.2) is 36.1 Å². The van der Waals surface area contributed by atoms with Gasteiger partial charge in [-0.3, -0.25) is 35.9 Å². The fraction of sp³-hybridized carbons (Fsp3) is 0.118. The van der Waals surface area contributed by atoms with Gasteiger partial charge in [0, 0.05) is 23.3 Å². The van der Waals surface area contributed by atoms with E-state index in [4.69, 9.17) is 21.7 Å². The lowest BCUT2D eigenvalue weighted by atomic mass is 10.2. The van der Waals surface area contributed by atoms with E-state index >= 15 is 0 Å². The second-order valence-electron chi connectivity index (χ2n) is 5.24. The van der Waals surface area contributed by atoms with Gasteiger partial charge in [0.25, 0.3) is 17.5 Å². The summed E-state index contributed by atoms with van der Waals surface area (Å²) in [6, 6.07) is 9.70. The normalized spacial score (nSPS) is 9.79. The Morgan fingerprint density at radius 3 is 2.29 bits per heavy atom. The van der Waals surface area contributed by atoms with Crippen LogP contribution in [0.5, 0.6) is 11.5 Å². The summed E-state index contributed by atoms with van der Waals surface area (Å²) in [4.78, 5) is 34.4. The number of carbonyl (C=O) groups excluding carboxylic acids is 2. The van der Waals surface area contributed by atoms with Gasteiger partial charge in [0.05, 0.1) is 19.1 Å². The maximum atomic E-state index is 12.2. The lowest BCUT2D eigenvalue weighted by Gasteiger charge is -2.12. The number of ether oxygens (including phenoxy) is 2. The number of hydrazine groups is 1. The van der Waals surface area contributed by atoms with Crippen molar-refractivity contribution in [3.05, 3.63) is 63.7 Å². The summed E-state index contributed by atoms with van der Waals surface area (Å²) in [7, 11) is 2.91. The Kier molecular flexibility index (Phi) is 6.82. The van der Waals surface area contributed by atoms with Crippen molar-refractivity contribution in [1.82, 2.24) is 16.2 Å². The standard InChI is InChI=1S/C17H16N4O6S/c1-26-13-7-6-11(9-14(13)27-2)16(23)19-20-17(28)18-15(22)10-4-3-5-12(8-10)21(24)25/h3-9H,1-2H3,(H,19,23)(H2,18,20,22,28). The molecule has 0 saturated heterocycles. The quantitative estimate of drug-likeness (QED) is 0.389. The molecule has 0 radical (unpaired) electrons. The summed E-state index contributed by atoms with van der Waals surface area (Å²) in [5.74, 6) is -0.363. The van der Waals surface area contributed by atoms with Crippen molar-refractivity contribution in [2.45, 2.75) is 0 Å². The van der Waals surface area contributed by atoms with E-state index in [9.17, 15) is 19.7 Å². The number of thiocarbonyl (C=S) groups is 1. The smallest absolute Gasteiger partial charge is 0.270 e. The molecule has 0 saturated carbocycles. The number of amides is 2. The zero-order chi connectivity index (χ0) is 20.7. The Morgan fingerprint density at radius 1 is 0.964 bits per heavy atom. The van der Waals surface area contributed by atoms with E-state index in [-0.39, 0.29) is 21.9 Å². The first-order valence-corrected chi connectivity index (χ1v) is 8.14. The number of non-ortho nitro benzene ring substituents is 1. The molecule has 2 rings (SSSR count). The van der Waals surface area contributed by atoms with Gasteiger partial charge in [0.1, 0.15) is 0 Å². The maximum Gasteiger partial charge on any atom is 0.270 e. The van der Waals surface area contributed by atoms with Gasteiger partial charge in [0.2, 0.25) is 0 Å². The van der Waals surface area contributed by atoms with E-state index in [1.54, 1.807) is 6.07 Å². The van der Waals surface area contributed by atoms with E-state index < -0.39 is 16.7 Å². The van der Waals surface area contributed by atoms with Crippen LogP contribution in [0.4, 0.5) is 5.69 Å². The number of hydrogen-bond donors (Lipinski definition) is 3. The van der Waals surface area contributed by atoms with Gasteiger partial charge in [-0.1, -0.05) is 6.07 Å². The Morgan fingerprint density at radius 2 is 1.64 bits per heavy atom. The minimum atomic E-state index is -0.665. The fourth-order valence-electron chi connectivity index (χ4n) is 2.13. The first-order chi connectivity index (χ1) is 13.3. The van der Waals surface area contributed by atoms with Gasteiger partial charge in [-0.05, 0) is 36.5 Å². The summed E-state index contributed by atoms with van der Waals surface area (Å²) in [5, 5.41) is 12.9. The van der Waals surface area contributed by atoms with Gasteiger partial charge in [-0.15, -0.1) is 0 Å². The van der Waals surface area contributed by atoms with Gasteiger partial charge in [0.15, 0.2) is 16.6 Å². The van der Waals surface area contributed by atoms with Crippen molar-refractivity contribution in [2.24, 2.45) is 0 Å². The molecule has 0 fully saturated rings. The summed E-state index contributed by atoms with van der Waals surface area (Å²) in [5.41, 5.74) is 4.78. The lowest BCUT2D eigenvalue weighted by molar-refractivity contribution is -0.384. The average molecular weight is 404 g/mol. The van der Waals surface area contributed by atoms with Gasteiger partial charge < -0.3 is 9.47 Å². The molecular weight excluding hydrogens is 388 g/mol. The van der Waals surface area contributed by atoms with Crippen LogP contribution in [0.15, 0.2) is 42.5 Å². The van der Waals surface area contributed by atoms with Crippen molar-refractivity contribution in [1.29, 1.82) is 0 Å². The van der Waals surface area contributed by atoms with Crippen molar-refractivity contribution >= 4 is 34.8 Å². The van der Waals surface area contributed by atoms with Crippen LogP contribution in [0, 0.1) is 10.1 Å². The summed E-state index contributed by atoms with van der Waals surface area (Å²) < 4.78 is 10.2. The van der Waals surface area contributed by atoms with E-state index in [1.165, 1.54) is 44.6 Å². The molecule has 0 aliphatic carbocycles. The highest BCUT2D eigenvalue weighted by atomic mass is 32.1. The molecule has 0 aliphatic rings. The third kappa shape index (κ3) is 5.14. The van der Waals surface area contributed by atoms with Crippen molar-refractivity contribution in [3.8, 4) is 11.5 Å². The molecular formula is C17H16N4O6S. The summed E-state index contributed by atoms with van der Waals surface area (Å²) in [6.45, 7) is 0. The maximum absolute atomic E-state index is 12.2. The van der Waals surface area contributed by atoms with Crippen LogP contribution in [-0.2, 0) is 0 Å². The number of nitro groups is 1. The van der Waals surface area contributed by atoms with E-state index in [0.717, 1.165) is 6.07 Å². The fourth-order valence-corrected chi connectivity index (χ4v) is 2.27. The summed E-state index contributed by atoms with van der Waals surface area (Å²) in [6.07, 6.45) is 0. The molecule has 0 heterocycles. The predicted molar refractivity (Wildman–Crippen MR) is 103 cm³/mol. The number of nitro benzene ring substituents is 1. The van der Waals surface area contributed by atoms with E-state index in [0.29, 0.717) is 11.5 Å². The minimum absolute atomic E-state index is 0.0459. The highest BCUT2D eigenvalue weighted by Gasteiger charge is 2.14. The first-order valence-electron chi connectivity index (χ1n) is 7.74. The number of nitrogens with one attached hydrogen (secondary N) is 3. The zero-order valence-corrected chi connectivity index (χ0v) is 15.7. The Labute approximate surface area is 164 Å². The molecule has 0 bridgehead atoms. The third-order valence-corrected chi connectivity index (χ3v) is 3.69. The number of methoxy groups -OCH3 is 2. The summed E-state index contributed by atoms with van der Waals surface area (Å²) >= 11 is 4.93. The molecule has 28 heavy (non-hydrogen) atoms. The lowest BCUT2D eigenvalue weighted by Crippen LogP contribution is -2.48. The van der Waals surface area contributed by atoms with Crippen LogP contribution in [0.25, 0.3) is 0 Å². The number of nitrogens with zero attached hydrogens (tertiary/aromatic N) is 1. The van der Waals surface area contributed by atoms with Gasteiger partial charge in [-0.2, -0.15) is 0 Å². The molecule has 3 N–H and O–H groups in total. The van der Waals surface area contributed by atoms with Crippen molar-refractivity contribution in [2.75, 3.05) is 14.2 Å². The molecule has 0 unspecified atom stereocenters. The largest absolute Gasteiger partial charge is 0.493 e. The number of hydrogen-bond acceptors (Lipinski definition) is 7. The second kappa shape index (κ2) is 9.28. The Hall–Kier alpha value is -3.73. The monoisotopic (exact) mass is 404 g/mol. The second-order valence-corrected chi connectivity index (χ2v) is 5.65. The highest BCUT2D eigenvalue weighted by Crippen LogP contribution is 2.27. The average Bonchev–Trinajstić information content (AvgIpc) is 2.71. The SMILES string of the molecule is COc1ccc(C(=O)NNC(=S)NC(=O)c2cccc([N+](=O)[O-])c2)cc1OC. The van der Waals surface area contributed by atoms with Gasteiger partial charge >= 0.3 is 0 Å². The van der Waals surface area contributed by atoms with Crippen molar-refractivity contribution < 1.29 is 24.0 Å². The predicted octanol–water partition coefficient (Wildman–Crippen LogP) is 1.56. The third-order valence-electron chi connectivity index (χ3n) is 3.48. The molecule has 0 aliphatic heterocycles. The number of carbonyl (C=O) groups is 2. The number of benzene rings is 2. The van der Waals surface area contributed by atoms with Crippen LogP contribution in [0.2, 0.25) is 0 Å². The molecule has 0 spiro atoms. The molecule has 11 heteroatoms. The van der Waals surface area contributed by atoms with Crippen molar-refractivity contribution in [3.63, 3.8) is 0 Å².